The first-order chi connectivity index (χ1) is 12.9. The fraction of sp³-hybridized carbons (Fsp3) is 0.500. The molecule has 0 spiro atoms. The zero-order chi connectivity index (χ0) is 19.4. The zero-order valence-corrected chi connectivity index (χ0v) is 16.5. The van der Waals surface area contributed by atoms with Gasteiger partial charge in [-0.05, 0) is 50.7 Å². The molecule has 144 valence electrons. The predicted molar refractivity (Wildman–Crippen MR) is 109 cm³/mol. The maximum atomic E-state index is 12.4. The number of allylic oxidation sites excluding steroid dienone is 2. The number of aromatic nitrogens is 2. The highest BCUT2D eigenvalue weighted by Gasteiger charge is 2.34. The van der Waals surface area contributed by atoms with Crippen molar-refractivity contribution in [1.82, 2.24) is 14.9 Å². The summed E-state index contributed by atoms with van der Waals surface area (Å²) < 4.78 is 0. The lowest BCUT2D eigenvalue weighted by atomic mass is 9.77. The van der Waals surface area contributed by atoms with Crippen LogP contribution in [0, 0.1) is 5.41 Å². The molecule has 1 aliphatic rings. The number of fused-ring (bicyclic) bond motifs is 1. The zero-order valence-electron chi connectivity index (χ0n) is 16.5. The molecule has 0 bridgehead atoms. The molecule has 1 unspecified atom stereocenters. The molecule has 0 radical (unpaired) electrons. The van der Waals surface area contributed by atoms with Crippen LogP contribution in [-0.2, 0) is 11.2 Å². The minimum Gasteiger partial charge on any atom is -0.342 e. The van der Waals surface area contributed by atoms with Crippen molar-refractivity contribution >= 4 is 16.8 Å². The van der Waals surface area contributed by atoms with E-state index in [-0.39, 0.29) is 16.9 Å². The largest absolute Gasteiger partial charge is 0.342 e. The van der Waals surface area contributed by atoms with Crippen LogP contribution in [0.1, 0.15) is 52.3 Å². The van der Waals surface area contributed by atoms with Crippen LogP contribution in [0.2, 0.25) is 0 Å². The number of aromatic amines is 1. The number of likely N-dealkylation sites (tertiary alicyclic amines) is 1. The second kappa shape index (κ2) is 8.07. The molecular formula is C22H29N3O2. The summed E-state index contributed by atoms with van der Waals surface area (Å²) in [6.07, 6.45) is 6.54. The summed E-state index contributed by atoms with van der Waals surface area (Å²) in [7, 11) is 0. The van der Waals surface area contributed by atoms with Crippen molar-refractivity contribution in [2.75, 3.05) is 13.1 Å². The Labute approximate surface area is 160 Å². The molecule has 1 atom stereocenters. The lowest BCUT2D eigenvalue weighted by Crippen LogP contribution is -2.46. The number of hydrogen-bond acceptors (Lipinski definition) is 3. The molecule has 1 N–H and O–H groups in total. The molecule has 0 aliphatic carbocycles. The minimum absolute atomic E-state index is 0.118. The Bertz CT molecular complexity index is 911. The van der Waals surface area contributed by atoms with E-state index in [0.717, 1.165) is 25.8 Å². The molecule has 1 fully saturated rings. The first kappa shape index (κ1) is 19.3. The third kappa shape index (κ3) is 4.85. The van der Waals surface area contributed by atoms with Crippen molar-refractivity contribution < 1.29 is 4.79 Å². The molecule has 2 heterocycles. The molecule has 1 aromatic carbocycles. The van der Waals surface area contributed by atoms with E-state index >= 15 is 0 Å². The highest BCUT2D eigenvalue weighted by Crippen LogP contribution is 2.34. The Balaban J connectivity index is 1.66. The molecule has 0 saturated carbocycles. The molecule has 3 rings (SSSR count). The maximum absolute atomic E-state index is 12.4. The normalized spacial score (nSPS) is 20.1. The van der Waals surface area contributed by atoms with Crippen molar-refractivity contribution in [2.24, 2.45) is 5.41 Å². The molecule has 5 heteroatoms. The van der Waals surface area contributed by atoms with E-state index in [1.54, 1.807) is 6.07 Å². The summed E-state index contributed by atoms with van der Waals surface area (Å²) in [6, 6.07) is 7.34. The van der Waals surface area contributed by atoms with Crippen LogP contribution in [0.4, 0.5) is 0 Å². The number of amides is 1. The molecule has 1 aliphatic heterocycles. The number of nitrogens with zero attached hydrogens (tertiary/aromatic N) is 2. The van der Waals surface area contributed by atoms with Crippen LogP contribution in [0.15, 0.2) is 40.7 Å². The molecule has 1 aromatic heterocycles. The van der Waals surface area contributed by atoms with Crippen molar-refractivity contribution in [1.29, 1.82) is 0 Å². The molecule has 2 aromatic rings. The molecule has 1 amide bonds. The van der Waals surface area contributed by atoms with Crippen molar-refractivity contribution in [3.8, 4) is 0 Å². The van der Waals surface area contributed by atoms with Gasteiger partial charge in [0.15, 0.2) is 0 Å². The van der Waals surface area contributed by atoms with Crippen LogP contribution in [0.5, 0.6) is 0 Å². The van der Waals surface area contributed by atoms with E-state index < -0.39 is 0 Å². The number of hydrogen-bond donors (Lipinski definition) is 1. The van der Waals surface area contributed by atoms with E-state index in [9.17, 15) is 9.59 Å². The van der Waals surface area contributed by atoms with Crippen molar-refractivity contribution in [3.05, 3.63) is 52.1 Å². The van der Waals surface area contributed by atoms with Crippen LogP contribution in [0.3, 0.4) is 0 Å². The highest BCUT2D eigenvalue weighted by atomic mass is 16.2. The van der Waals surface area contributed by atoms with E-state index in [1.165, 1.54) is 5.57 Å². The Morgan fingerprint density at radius 1 is 1.30 bits per heavy atom. The monoisotopic (exact) mass is 367 g/mol. The fourth-order valence-electron chi connectivity index (χ4n) is 3.81. The summed E-state index contributed by atoms with van der Waals surface area (Å²) in [6.45, 7) is 7.90. The van der Waals surface area contributed by atoms with E-state index in [1.807, 2.05) is 23.1 Å². The van der Waals surface area contributed by atoms with Gasteiger partial charge in [-0.3, -0.25) is 9.59 Å². The van der Waals surface area contributed by atoms with Gasteiger partial charge in [0.25, 0.3) is 5.56 Å². The molecule has 5 nitrogen and oxygen atoms in total. The standard InChI is InChI=1S/C22H29N3O2/c1-16(2)7-6-12-22(3)13-10-20(26)25(15-22)14-11-19-23-18-9-5-4-8-17(18)21(27)24-19/h4-5,7-9H,6,10-15H2,1-3H3,(H,23,24,27). The quantitative estimate of drug-likeness (QED) is 0.789. The minimum atomic E-state index is -0.118. The average Bonchev–Trinajstić information content (AvgIpc) is 2.62. The number of H-pyrrole nitrogens is 1. The van der Waals surface area contributed by atoms with Crippen LogP contribution in [0.25, 0.3) is 10.9 Å². The van der Waals surface area contributed by atoms with Crippen molar-refractivity contribution in [2.45, 2.75) is 52.9 Å². The van der Waals surface area contributed by atoms with Gasteiger partial charge in [0.1, 0.15) is 5.82 Å². The lowest BCUT2D eigenvalue weighted by molar-refractivity contribution is -0.137. The Morgan fingerprint density at radius 3 is 2.85 bits per heavy atom. The Kier molecular flexibility index (Phi) is 5.78. The topological polar surface area (TPSA) is 66.1 Å². The maximum Gasteiger partial charge on any atom is 0.258 e. The summed E-state index contributed by atoms with van der Waals surface area (Å²) in [4.78, 5) is 34.0. The summed E-state index contributed by atoms with van der Waals surface area (Å²) in [5.41, 5.74) is 2.08. The summed E-state index contributed by atoms with van der Waals surface area (Å²) in [5.74, 6) is 0.848. The van der Waals surface area contributed by atoms with Crippen LogP contribution in [-0.4, -0.2) is 33.9 Å². The highest BCUT2D eigenvalue weighted by molar-refractivity contribution is 5.78. The Hall–Kier alpha value is -2.43. The van der Waals surface area contributed by atoms with E-state index in [4.69, 9.17) is 0 Å². The average molecular weight is 367 g/mol. The number of nitrogens with one attached hydrogen (secondary N) is 1. The number of carbonyl (C=O) groups excluding carboxylic acids is 1. The molecular weight excluding hydrogens is 338 g/mol. The molecule has 1 saturated heterocycles. The first-order valence-corrected chi connectivity index (χ1v) is 9.75. The smallest absolute Gasteiger partial charge is 0.258 e. The number of para-hydroxylation sites is 1. The van der Waals surface area contributed by atoms with Crippen LogP contribution >= 0.6 is 0 Å². The van der Waals surface area contributed by atoms with Gasteiger partial charge < -0.3 is 9.88 Å². The summed E-state index contributed by atoms with van der Waals surface area (Å²) in [5, 5.41) is 0.599. The number of benzene rings is 1. The number of carbonyl (C=O) groups is 1. The van der Waals surface area contributed by atoms with Crippen LogP contribution < -0.4 is 5.56 Å². The van der Waals surface area contributed by atoms with Gasteiger partial charge in [-0.2, -0.15) is 0 Å². The van der Waals surface area contributed by atoms with Gasteiger partial charge in [0, 0.05) is 25.9 Å². The first-order valence-electron chi connectivity index (χ1n) is 9.75. The fourth-order valence-corrected chi connectivity index (χ4v) is 3.81. The lowest BCUT2D eigenvalue weighted by Gasteiger charge is -2.40. The van der Waals surface area contributed by atoms with E-state index in [2.05, 4.69) is 36.8 Å². The van der Waals surface area contributed by atoms with Crippen molar-refractivity contribution in [3.63, 3.8) is 0 Å². The van der Waals surface area contributed by atoms with Gasteiger partial charge in [0.05, 0.1) is 10.9 Å². The van der Waals surface area contributed by atoms with Gasteiger partial charge >= 0.3 is 0 Å². The third-order valence-electron chi connectivity index (χ3n) is 5.45. The SMILES string of the molecule is CC(C)=CCCC1(C)CCC(=O)N(CCc2nc3ccccc3c(=O)[nH]2)C1. The van der Waals surface area contributed by atoms with Gasteiger partial charge in [-0.15, -0.1) is 0 Å². The summed E-state index contributed by atoms with van der Waals surface area (Å²) >= 11 is 0. The van der Waals surface area contributed by atoms with Gasteiger partial charge in [0.2, 0.25) is 5.91 Å². The number of rotatable bonds is 6. The Morgan fingerprint density at radius 2 is 2.07 bits per heavy atom. The van der Waals surface area contributed by atoms with E-state index in [0.29, 0.717) is 36.1 Å². The predicted octanol–water partition coefficient (Wildman–Crippen LogP) is 3.84. The second-order valence-electron chi connectivity index (χ2n) is 8.23. The third-order valence-corrected chi connectivity index (χ3v) is 5.45. The van der Waals surface area contributed by atoms with Gasteiger partial charge in [-0.25, -0.2) is 4.98 Å². The molecule has 27 heavy (non-hydrogen) atoms. The second-order valence-corrected chi connectivity index (χ2v) is 8.23. The van der Waals surface area contributed by atoms with Gasteiger partial charge in [-0.1, -0.05) is 30.7 Å². The number of piperidine rings is 1.